The molecule has 4 atom stereocenters. The molecule has 3 saturated heterocycles. The molecule has 41 heavy (non-hydrogen) atoms. The van der Waals surface area contributed by atoms with E-state index in [1.165, 1.54) is 0 Å². The van der Waals surface area contributed by atoms with E-state index in [1.807, 2.05) is 66.4 Å². The van der Waals surface area contributed by atoms with E-state index in [-0.39, 0.29) is 18.1 Å². The van der Waals surface area contributed by atoms with Gasteiger partial charge in [0, 0.05) is 44.2 Å². The van der Waals surface area contributed by atoms with Crippen LogP contribution in [0.3, 0.4) is 0 Å². The van der Waals surface area contributed by atoms with Crippen LogP contribution in [0.15, 0.2) is 60.8 Å². The van der Waals surface area contributed by atoms with Gasteiger partial charge in [0.2, 0.25) is 0 Å². The minimum Gasteiger partial charge on any atom is -0.444 e. The minimum absolute atomic E-state index is 0.0446. The van der Waals surface area contributed by atoms with Crippen LogP contribution in [-0.2, 0) is 9.47 Å². The lowest BCUT2D eigenvalue weighted by Gasteiger charge is -2.25. The van der Waals surface area contributed by atoms with E-state index in [4.69, 9.17) is 21.1 Å². The first-order chi connectivity index (χ1) is 19.9. The lowest BCUT2D eigenvalue weighted by Crippen LogP contribution is -2.36. The van der Waals surface area contributed by atoms with Crippen molar-refractivity contribution in [3.05, 3.63) is 82.6 Å². The van der Waals surface area contributed by atoms with Crippen molar-refractivity contribution in [2.75, 3.05) is 45.9 Å². The molecule has 0 bridgehead atoms. The Morgan fingerprint density at radius 3 is 2.49 bits per heavy atom. The van der Waals surface area contributed by atoms with Crippen molar-refractivity contribution in [1.82, 2.24) is 24.9 Å². The Hall–Kier alpha value is -3.40. The van der Waals surface area contributed by atoms with Crippen LogP contribution in [0.25, 0.3) is 5.69 Å². The van der Waals surface area contributed by atoms with E-state index < -0.39 is 6.09 Å². The summed E-state index contributed by atoms with van der Waals surface area (Å²) in [5, 5.41) is 8.23. The summed E-state index contributed by atoms with van der Waals surface area (Å²) in [4.78, 5) is 30.5. The monoisotopic (exact) mass is 577 g/mol. The first-order valence-corrected chi connectivity index (χ1v) is 14.7. The second-order valence-corrected chi connectivity index (χ2v) is 11.7. The standard InChI is InChI=1S/C31H36ClN5O4/c1-21-28(15-33-37(21)26-9-7-25(32)8-10-26)30(38)36-18-23-16-35(17-24(23)19-36)13-11-29(22-5-3-2-4-6-22)34-31(39)41-27-12-14-40-20-27/h2-10,15,23-24,27,29H,11-14,16-20H2,1H3,(H,34,39)/t23-,24?,27?,29?/m0/s1. The Morgan fingerprint density at radius 1 is 1.07 bits per heavy atom. The number of nitrogens with one attached hydrogen (secondary N) is 1. The molecule has 10 heteroatoms. The van der Waals surface area contributed by atoms with Gasteiger partial charge in [0.25, 0.3) is 5.91 Å². The highest BCUT2D eigenvalue weighted by Gasteiger charge is 2.42. The minimum atomic E-state index is -0.392. The molecule has 0 spiro atoms. The molecule has 3 fully saturated rings. The number of hydrogen-bond donors (Lipinski definition) is 1. The van der Waals surface area contributed by atoms with Crippen LogP contribution in [0.1, 0.15) is 40.5 Å². The van der Waals surface area contributed by atoms with E-state index in [9.17, 15) is 9.59 Å². The molecule has 3 unspecified atom stereocenters. The van der Waals surface area contributed by atoms with Gasteiger partial charge in [0.1, 0.15) is 6.10 Å². The Labute approximate surface area is 245 Å². The van der Waals surface area contributed by atoms with E-state index in [0.29, 0.717) is 35.6 Å². The number of halogens is 1. The van der Waals surface area contributed by atoms with Gasteiger partial charge in [0.15, 0.2) is 0 Å². The lowest BCUT2D eigenvalue weighted by atomic mass is 10.0. The molecule has 0 saturated carbocycles. The van der Waals surface area contributed by atoms with E-state index >= 15 is 0 Å². The smallest absolute Gasteiger partial charge is 0.407 e. The number of likely N-dealkylation sites (tertiary alicyclic amines) is 2. The van der Waals surface area contributed by atoms with Gasteiger partial charge in [-0.3, -0.25) is 4.79 Å². The molecule has 9 nitrogen and oxygen atoms in total. The summed E-state index contributed by atoms with van der Waals surface area (Å²) >= 11 is 6.03. The third-order valence-corrected chi connectivity index (χ3v) is 8.80. The average molecular weight is 578 g/mol. The maximum Gasteiger partial charge on any atom is 0.407 e. The van der Waals surface area contributed by atoms with Crippen molar-refractivity contribution < 1.29 is 19.1 Å². The SMILES string of the molecule is Cc1c(C(=O)N2CC3CN(CCC(NC(=O)OC4CCOC4)c4ccccc4)C[C@H]3C2)cnn1-c1ccc(Cl)cc1. The van der Waals surface area contributed by atoms with E-state index in [0.717, 1.165) is 62.5 Å². The molecule has 3 aliphatic heterocycles. The van der Waals surface area contributed by atoms with Gasteiger partial charge in [0.05, 0.1) is 42.4 Å². The number of hydrogen-bond acceptors (Lipinski definition) is 6. The van der Waals surface area contributed by atoms with E-state index in [1.54, 1.807) is 10.9 Å². The predicted molar refractivity (Wildman–Crippen MR) is 155 cm³/mol. The highest BCUT2D eigenvalue weighted by atomic mass is 35.5. The summed E-state index contributed by atoms with van der Waals surface area (Å²) < 4.78 is 12.7. The molecule has 3 aromatic rings. The second kappa shape index (κ2) is 12.2. The third-order valence-electron chi connectivity index (χ3n) is 8.55. The summed E-state index contributed by atoms with van der Waals surface area (Å²) in [6, 6.07) is 17.4. The van der Waals surface area contributed by atoms with Crippen LogP contribution in [0.4, 0.5) is 4.79 Å². The van der Waals surface area contributed by atoms with Gasteiger partial charge in [-0.1, -0.05) is 41.9 Å². The molecule has 1 N–H and O–H groups in total. The maximum atomic E-state index is 13.5. The lowest BCUT2D eigenvalue weighted by molar-refractivity contribution is 0.0773. The summed E-state index contributed by atoms with van der Waals surface area (Å²) in [5.74, 6) is 0.935. The molecule has 216 valence electrons. The van der Waals surface area contributed by atoms with Crippen molar-refractivity contribution in [2.24, 2.45) is 11.8 Å². The number of carbonyl (C=O) groups is 2. The Balaban J connectivity index is 1.03. The fourth-order valence-electron chi connectivity index (χ4n) is 6.32. The molecule has 1 aromatic heterocycles. The fraction of sp³-hybridized carbons (Fsp3) is 0.452. The number of alkyl carbamates (subject to hydrolysis) is 1. The number of nitrogens with zero attached hydrogens (tertiary/aromatic N) is 4. The van der Waals surface area contributed by atoms with Gasteiger partial charge >= 0.3 is 6.09 Å². The van der Waals surface area contributed by atoms with Crippen LogP contribution in [-0.4, -0.2) is 83.6 Å². The van der Waals surface area contributed by atoms with Gasteiger partial charge in [-0.15, -0.1) is 0 Å². The van der Waals surface area contributed by atoms with Crippen LogP contribution in [0.2, 0.25) is 5.02 Å². The predicted octanol–water partition coefficient (Wildman–Crippen LogP) is 4.48. The van der Waals surface area contributed by atoms with Crippen LogP contribution in [0, 0.1) is 18.8 Å². The molecule has 0 aliphatic carbocycles. The van der Waals surface area contributed by atoms with Gasteiger partial charge in [-0.05, 0) is 55.0 Å². The quantitative estimate of drug-likeness (QED) is 0.425. The first-order valence-electron chi connectivity index (χ1n) is 14.4. The highest BCUT2D eigenvalue weighted by Crippen LogP contribution is 2.33. The zero-order valence-electron chi connectivity index (χ0n) is 23.2. The highest BCUT2D eigenvalue weighted by molar-refractivity contribution is 6.30. The zero-order valence-corrected chi connectivity index (χ0v) is 24.0. The Bertz CT molecular complexity index is 1340. The fourth-order valence-corrected chi connectivity index (χ4v) is 6.45. The van der Waals surface area contributed by atoms with Crippen LogP contribution >= 0.6 is 11.6 Å². The first kappa shape index (κ1) is 27.8. The van der Waals surface area contributed by atoms with Gasteiger partial charge in [-0.25, -0.2) is 9.48 Å². The summed E-state index contributed by atoms with van der Waals surface area (Å²) in [5.41, 5.74) is 3.42. The molecule has 2 amide bonds. The number of ether oxygens (including phenoxy) is 2. The summed E-state index contributed by atoms with van der Waals surface area (Å²) in [7, 11) is 0. The van der Waals surface area contributed by atoms with Crippen molar-refractivity contribution in [3.8, 4) is 5.69 Å². The number of carbonyl (C=O) groups excluding carboxylic acids is 2. The van der Waals surface area contributed by atoms with Gasteiger partial charge < -0.3 is 24.6 Å². The molecule has 3 aliphatic rings. The summed E-state index contributed by atoms with van der Waals surface area (Å²) in [6.07, 6.45) is 2.63. The van der Waals surface area contributed by atoms with Crippen LogP contribution in [0.5, 0.6) is 0 Å². The molecule has 6 rings (SSSR count). The van der Waals surface area contributed by atoms with Gasteiger partial charge in [-0.2, -0.15) is 5.10 Å². The Kier molecular flexibility index (Phi) is 8.27. The molecule has 4 heterocycles. The summed E-state index contributed by atoms with van der Waals surface area (Å²) in [6.45, 7) is 7.29. The number of rotatable bonds is 8. The van der Waals surface area contributed by atoms with Crippen molar-refractivity contribution >= 4 is 23.6 Å². The van der Waals surface area contributed by atoms with Crippen LogP contribution < -0.4 is 5.32 Å². The molecule has 0 radical (unpaired) electrons. The number of fused-ring (bicyclic) bond motifs is 1. The topological polar surface area (TPSA) is 88.9 Å². The zero-order chi connectivity index (χ0) is 28.3. The number of aromatic nitrogens is 2. The second-order valence-electron chi connectivity index (χ2n) is 11.3. The normalized spacial score (nSPS) is 23.0. The number of benzene rings is 2. The average Bonchev–Trinajstić information content (AvgIpc) is 3.77. The van der Waals surface area contributed by atoms with E-state index in [2.05, 4.69) is 15.3 Å². The molecule has 2 aromatic carbocycles. The third kappa shape index (κ3) is 6.27. The maximum absolute atomic E-state index is 13.5. The Morgan fingerprint density at radius 2 is 1.80 bits per heavy atom. The van der Waals surface area contributed by atoms with Crippen molar-refractivity contribution in [1.29, 1.82) is 0 Å². The van der Waals surface area contributed by atoms with Crippen molar-refractivity contribution in [2.45, 2.75) is 31.9 Å². The number of amides is 2. The molecular formula is C31H36ClN5O4. The largest absolute Gasteiger partial charge is 0.444 e. The van der Waals surface area contributed by atoms with Crippen molar-refractivity contribution in [3.63, 3.8) is 0 Å². The molecular weight excluding hydrogens is 542 g/mol.